The van der Waals surface area contributed by atoms with Gasteiger partial charge in [-0.15, -0.1) is 4.83 Å². The Balaban J connectivity index is 2.43. The van der Waals surface area contributed by atoms with E-state index in [1.165, 1.54) is 23.2 Å². The summed E-state index contributed by atoms with van der Waals surface area (Å²) in [4.78, 5) is 43.3. The summed E-state index contributed by atoms with van der Waals surface area (Å²) in [5.41, 5.74) is 6.62. The molecule has 0 saturated heterocycles. The van der Waals surface area contributed by atoms with Gasteiger partial charge in [-0.2, -0.15) is 0 Å². The number of aliphatic hydroxyl groups is 1. The highest BCUT2D eigenvalue weighted by atomic mass is 32.2. The van der Waals surface area contributed by atoms with Gasteiger partial charge < -0.3 is 21.1 Å². The minimum Gasteiger partial charge on any atom is -0.390 e. The average Bonchev–Trinajstić information content (AvgIpc) is 2.96. The Labute approximate surface area is 255 Å². The normalized spacial score (nSPS) is 13.1. The van der Waals surface area contributed by atoms with Crippen LogP contribution >= 0.6 is 0 Å². The van der Waals surface area contributed by atoms with Gasteiger partial charge in [0, 0.05) is 42.9 Å². The summed E-state index contributed by atoms with van der Waals surface area (Å²) < 4.78 is 25.1. The number of nitrogens with one attached hydrogen (secondary N) is 2. The summed E-state index contributed by atoms with van der Waals surface area (Å²) in [7, 11) is -3.66. The summed E-state index contributed by atoms with van der Waals surface area (Å²) in [5.74, 6) is -1.71. The number of hydrogen-bond donors (Lipinski definition) is 4. The third-order valence-corrected chi connectivity index (χ3v) is 8.61. The van der Waals surface area contributed by atoms with E-state index >= 15 is 0 Å². The van der Waals surface area contributed by atoms with Gasteiger partial charge in [0.15, 0.2) is 0 Å². The molecule has 5 N–H and O–H groups in total. The van der Waals surface area contributed by atoms with Crippen molar-refractivity contribution in [2.45, 2.75) is 77.7 Å². The topological polar surface area (TPSA) is 162 Å². The lowest BCUT2D eigenvalue weighted by Crippen LogP contribution is -2.54. The highest BCUT2D eigenvalue weighted by molar-refractivity contribution is 7.90. The van der Waals surface area contributed by atoms with Crippen molar-refractivity contribution in [1.29, 1.82) is 0 Å². The van der Waals surface area contributed by atoms with Crippen LogP contribution in [0.4, 0.5) is 0 Å². The fourth-order valence-electron chi connectivity index (χ4n) is 4.55. The molecule has 0 aliphatic carbocycles. The van der Waals surface area contributed by atoms with Crippen LogP contribution in [-0.4, -0.2) is 84.7 Å². The van der Waals surface area contributed by atoms with Gasteiger partial charge in [-0.25, -0.2) is 13.4 Å². The van der Waals surface area contributed by atoms with Crippen LogP contribution < -0.4 is 15.9 Å². The second-order valence-corrected chi connectivity index (χ2v) is 13.1. The Hall–Kier alpha value is -3.32. The van der Waals surface area contributed by atoms with Crippen molar-refractivity contribution in [1.82, 2.24) is 20.1 Å². The van der Waals surface area contributed by atoms with Gasteiger partial charge in [0.2, 0.25) is 15.9 Å². The number of nitrogens with zero attached hydrogens (tertiary/aromatic N) is 2. The monoisotopic (exact) mass is 617 g/mol. The smallest absolute Gasteiger partial charge is 0.253 e. The van der Waals surface area contributed by atoms with Crippen LogP contribution in [0.5, 0.6) is 0 Å². The Bertz CT molecular complexity index is 1310. The maximum Gasteiger partial charge on any atom is 0.253 e. The summed E-state index contributed by atoms with van der Waals surface area (Å²) in [6.07, 6.45) is 1.17. The Kier molecular flexibility index (Phi) is 14.3. The molecule has 0 fully saturated rings. The first kappa shape index (κ1) is 35.9. The summed E-state index contributed by atoms with van der Waals surface area (Å²) in [6, 6.07) is 12.5. The van der Waals surface area contributed by atoms with Crippen LogP contribution in [0, 0.1) is 0 Å². The van der Waals surface area contributed by atoms with Gasteiger partial charge in [0.05, 0.1) is 17.4 Å². The highest BCUT2D eigenvalue weighted by Gasteiger charge is 2.28. The van der Waals surface area contributed by atoms with Crippen LogP contribution in [-0.2, 0) is 16.4 Å². The number of carbonyl (C=O) groups is 3. The zero-order valence-electron chi connectivity index (χ0n) is 25.9. The lowest BCUT2D eigenvalue weighted by molar-refractivity contribution is 0.0618. The number of carbonyl (C=O) groups excluding carboxylic acids is 3. The third-order valence-electron chi connectivity index (χ3n) is 6.86. The molecule has 0 aliphatic heterocycles. The number of hydrogen-bond acceptors (Lipinski definition) is 7. The Morgan fingerprint density at radius 2 is 1.44 bits per heavy atom. The SMILES string of the molecule is CCCN(CC(O)C(Cc1ccccc1)NC(=O)c1cc(C(N)=O)cc(C(=O)N(CCC)CCC)c1)NS(=O)(=O)C(C)C. The first-order chi connectivity index (χ1) is 20.3. The first-order valence-electron chi connectivity index (χ1n) is 14.9. The minimum atomic E-state index is -3.66. The predicted molar refractivity (Wildman–Crippen MR) is 168 cm³/mol. The summed E-state index contributed by atoms with van der Waals surface area (Å²) in [6.45, 7) is 10.2. The van der Waals surface area contributed by atoms with Crippen LogP contribution in [0.2, 0.25) is 0 Å². The molecule has 2 rings (SSSR count). The van der Waals surface area contributed by atoms with E-state index in [1.807, 2.05) is 51.1 Å². The van der Waals surface area contributed by atoms with Gasteiger partial charge in [0.1, 0.15) is 0 Å². The zero-order valence-corrected chi connectivity index (χ0v) is 26.7. The van der Waals surface area contributed by atoms with E-state index in [0.717, 1.165) is 18.4 Å². The van der Waals surface area contributed by atoms with E-state index in [-0.39, 0.29) is 35.6 Å². The molecule has 0 aliphatic rings. The van der Waals surface area contributed by atoms with E-state index in [2.05, 4.69) is 10.1 Å². The third kappa shape index (κ3) is 11.0. The van der Waals surface area contributed by atoms with E-state index in [1.54, 1.807) is 18.7 Å². The van der Waals surface area contributed by atoms with Crippen molar-refractivity contribution >= 4 is 27.7 Å². The molecule has 11 nitrogen and oxygen atoms in total. The second-order valence-electron chi connectivity index (χ2n) is 10.9. The van der Waals surface area contributed by atoms with Crippen molar-refractivity contribution in [3.05, 3.63) is 70.8 Å². The van der Waals surface area contributed by atoms with Gasteiger partial charge >= 0.3 is 0 Å². The van der Waals surface area contributed by atoms with Crippen molar-refractivity contribution < 1.29 is 27.9 Å². The fraction of sp³-hybridized carbons (Fsp3) is 0.516. The molecule has 2 atom stereocenters. The zero-order chi connectivity index (χ0) is 32.2. The van der Waals surface area contributed by atoms with Gasteiger partial charge in [-0.05, 0) is 63.3 Å². The Morgan fingerprint density at radius 1 is 0.884 bits per heavy atom. The molecule has 0 saturated carbocycles. The number of amides is 3. The molecule has 2 aromatic rings. The van der Waals surface area contributed by atoms with Gasteiger partial charge in [0.25, 0.3) is 11.8 Å². The van der Waals surface area contributed by atoms with Crippen LogP contribution in [0.15, 0.2) is 48.5 Å². The average molecular weight is 618 g/mol. The highest BCUT2D eigenvalue weighted by Crippen LogP contribution is 2.16. The molecule has 0 radical (unpaired) electrons. The first-order valence-corrected chi connectivity index (χ1v) is 16.4. The number of nitrogens with two attached hydrogens (primary N) is 1. The second kappa shape index (κ2) is 17.1. The maximum absolute atomic E-state index is 13.6. The van der Waals surface area contributed by atoms with Gasteiger partial charge in [-0.3, -0.25) is 14.4 Å². The van der Waals surface area contributed by atoms with Gasteiger partial charge in [-0.1, -0.05) is 51.1 Å². The van der Waals surface area contributed by atoms with Crippen molar-refractivity contribution in [3.63, 3.8) is 0 Å². The van der Waals surface area contributed by atoms with Crippen LogP contribution in [0.25, 0.3) is 0 Å². The van der Waals surface area contributed by atoms with E-state index in [9.17, 15) is 27.9 Å². The lowest BCUT2D eigenvalue weighted by atomic mass is 9.99. The molecular weight excluding hydrogens is 570 g/mol. The largest absolute Gasteiger partial charge is 0.390 e. The molecular formula is C31H47N5O6S. The molecule has 0 heterocycles. The Morgan fingerprint density at radius 3 is 1.98 bits per heavy atom. The summed E-state index contributed by atoms with van der Waals surface area (Å²) in [5, 5.41) is 15.0. The summed E-state index contributed by atoms with van der Waals surface area (Å²) >= 11 is 0. The molecule has 43 heavy (non-hydrogen) atoms. The predicted octanol–water partition coefficient (Wildman–Crippen LogP) is 2.70. The van der Waals surface area contributed by atoms with Crippen molar-refractivity contribution in [2.75, 3.05) is 26.2 Å². The standard InChI is InChI=1S/C31H47N5O6S/c1-6-14-35(15-7-2)31(40)26-19-24(29(32)38)18-25(20-26)30(39)33-27(17-23-12-10-9-11-13-23)28(37)21-36(16-8-3)34-43(41,42)22(4)5/h9-13,18-20,22,27-28,34,37H,6-8,14-17,21H2,1-5H3,(H2,32,38)(H,33,39). The molecule has 0 aromatic heterocycles. The molecule has 0 bridgehead atoms. The quantitative estimate of drug-likeness (QED) is 0.187. The number of hydrazine groups is 1. The van der Waals surface area contributed by atoms with E-state index in [0.29, 0.717) is 26.1 Å². The van der Waals surface area contributed by atoms with Crippen molar-refractivity contribution in [2.24, 2.45) is 5.73 Å². The molecule has 3 amide bonds. The van der Waals surface area contributed by atoms with Crippen LogP contribution in [0.1, 0.15) is 90.5 Å². The molecule has 0 spiro atoms. The molecule has 238 valence electrons. The molecule has 2 unspecified atom stereocenters. The number of rotatable bonds is 18. The number of sulfonamides is 1. The number of aliphatic hydroxyl groups excluding tert-OH is 1. The molecule has 2 aromatic carbocycles. The number of primary amides is 1. The molecule has 12 heteroatoms. The van der Waals surface area contributed by atoms with Crippen molar-refractivity contribution in [3.8, 4) is 0 Å². The maximum atomic E-state index is 13.6. The van der Waals surface area contributed by atoms with E-state index in [4.69, 9.17) is 5.73 Å². The lowest BCUT2D eigenvalue weighted by Gasteiger charge is -2.30. The van der Waals surface area contributed by atoms with E-state index < -0.39 is 39.2 Å². The minimum absolute atomic E-state index is 0.0151. The fourth-order valence-corrected chi connectivity index (χ4v) is 5.28. The number of benzene rings is 2. The van der Waals surface area contributed by atoms with Crippen LogP contribution in [0.3, 0.4) is 0 Å².